The molecule has 1 atom stereocenters. The van der Waals surface area contributed by atoms with Gasteiger partial charge in [0.2, 0.25) is 5.91 Å². The van der Waals surface area contributed by atoms with Crippen LogP contribution in [-0.2, 0) is 15.3 Å². The van der Waals surface area contributed by atoms with Crippen molar-refractivity contribution in [2.45, 2.75) is 18.8 Å². The third-order valence-corrected chi connectivity index (χ3v) is 3.37. The molecule has 104 valence electrons. The van der Waals surface area contributed by atoms with Crippen molar-refractivity contribution >= 4 is 23.6 Å². The van der Waals surface area contributed by atoms with E-state index in [1.165, 1.54) is 17.3 Å². The molecule has 0 radical (unpaired) electrons. The highest BCUT2D eigenvalue weighted by Gasteiger charge is 2.13. The number of carbonyl (C=O) groups excluding carboxylic acids is 1. The third kappa shape index (κ3) is 6.26. The molecule has 6 heteroatoms. The van der Waals surface area contributed by atoms with E-state index >= 15 is 0 Å². The molecule has 0 aliphatic rings. The summed E-state index contributed by atoms with van der Waals surface area (Å²) in [5.74, 6) is -0.665. The van der Waals surface area contributed by atoms with E-state index in [-0.39, 0.29) is 18.2 Å². The summed E-state index contributed by atoms with van der Waals surface area (Å²) < 4.78 is 0. The van der Waals surface area contributed by atoms with Crippen molar-refractivity contribution in [2.75, 3.05) is 12.3 Å². The maximum absolute atomic E-state index is 11.4. The van der Waals surface area contributed by atoms with E-state index in [1.807, 2.05) is 25.1 Å². The number of nitrogens with one attached hydrogen (secondary N) is 1. The largest absolute Gasteiger partial charge is 0.479 e. The Balaban J connectivity index is 2.22. The number of benzene rings is 1. The molecule has 0 unspecified atom stereocenters. The van der Waals surface area contributed by atoms with E-state index in [0.29, 0.717) is 0 Å². The molecule has 0 saturated carbocycles. The Kier molecular flexibility index (Phi) is 6.38. The van der Waals surface area contributed by atoms with Gasteiger partial charge in [-0.1, -0.05) is 29.8 Å². The third-order valence-electron chi connectivity index (χ3n) is 2.36. The summed E-state index contributed by atoms with van der Waals surface area (Å²) in [5, 5.41) is 19.8. The number of amides is 1. The van der Waals surface area contributed by atoms with E-state index in [1.54, 1.807) is 0 Å². The van der Waals surface area contributed by atoms with Crippen LogP contribution in [0.2, 0.25) is 0 Å². The van der Waals surface area contributed by atoms with Crippen molar-refractivity contribution in [1.29, 1.82) is 0 Å². The second kappa shape index (κ2) is 7.81. The predicted molar refractivity (Wildman–Crippen MR) is 74.0 cm³/mol. The fourth-order valence-electron chi connectivity index (χ4n) is 1.41. The van der Waals surface area contributed by atoms with E-state index < -0.39 is 12.1 Å². The Bertz CT molecular complexity index is 450. The molecule has 0 aromatic heterocycles. The van der Waals surface area contributed by atoms with Gasteiger partial charge in [-0.2, -0.15) is 0 Å². The van der Waals surface area contributed by atoms with Gasteiger partial charge in [0.25, 0.3) is 0 Å². The number of aryl methyl sites for hydroxylation is 1. The number of carboxylic acid groups (broad SMARTS) is 1. The summed E-state index contributed by atoms with van der Waals surface area (Å²) in [4.78, 5) is 21.7. The number of carbonyl (C=O) groups is 2. The summed E-state index contributed by atoms with van der Waals surface area (Å²) in [6.45, 7) is 1.74. The molecule has 1 aromatic rings. The minimum atomic E-state index is -1.55. The van der Waals surface area contributed by atoms with Gasteiger partial charge in [0, 0.05) is 5.75 Å². The first-order valence-electron chi connectivity index (χ1n) is 5.80. The molecule has 0 saturated heterocycles. The summed E-state index contributed by atoms with van der Waals surface area (Å²) in [6, 6.07) is 8.02. The van der Waals surface area contributed by atoms with Gasteiger partial charge in [0.05, 0.1) is 12.3 Å². The van der Waals surface area contributed by atoms with Crippen molar-refractivity contribution in [3.05, 3.63) is 35.4 Å². The molecule has 1 amide bonds. The number of aliphatic hydroxyl groups is 1. The lowest BCUT2D eigenvalue weighted by atomic mass is 10.2. The molecule has 0 bridgehead atoms. The molecule has 5 nitrogen and oxygen atoms in total. The topological polar surface area (TPSA) is 86.6 Å². The first-order chi connectivity index (χ1) is 8.99. The number of hydrogen-bond donors (Lipinski definition) is 3. The first-order valence-corrected chi connectivity index (χ1v) is 6.95. The fourth-order valence-corrected chi connectivity index (χ4v) is 2.22. The van der Waals surface area contributed by atoms with Gasteiger partial charge < -0.3 is 15.5 Å². The Morgan fingerprint density at radius 2 is 2.16 bits per heavy atom. The zero-order valence-electron chi connectivity index (χ0n) is 10.6. The molecule has 1 rings (SSSR count). The lowest BCUT2D eigenvalue weighted by Gasteiger charge is -2.07. The molecule has 19 heavy (non-hydrogen) atoms. The Hall–Kier alpha value is -1.53. The Morgan fingerprint density at radius 3 is 2.79 bits per heavy atom. The van der Waals surface area contributed by atoms with Gasteiger partial charge in [0.1, 0.15) is 0 Å². The minimum absolute atomic E-state index is 0.236. The highest BCUT2D eigenvalue weighted by Crippen LogP contribution is 2.13. The van der Waals surface area contributed by atoms with Crippen molar-refractivity contribution in [2.24, 2.45) is 0 Å². The summed E-state index contributed by atoms with van der Waals surface area (Å²) in [6.07, 6.45) is -1.55. The number of aliphatic carboxylic acids is 1. The molecular formula is C13H17NO4S. The lowest BCUT2D eigenvalue weighted by molar-refractivity contribution is -0.146. The molecule has 0 fully saturated rings. The average molecular weight is 283 g/mol. The highest BCUT2D eigenvalue weighted by molar-refractivity contribution is 7.99. The van der Waals surface area contributed by atoms with Crippen LogP contribution in [0.5, 0.6) is 0 Å². The van der Waals surface area contributed by atoms with Crippen molar-refractivity contribution in [1.82, 2.24) is 5.32 Å². The van der Waals surface area contributed by atoms with Crippen molar-refractivity contribution in [3.63, 3.8) is 0 Å². The smallest absolute Gasteiger partial charge is 0.334 e. The van der Waals surface area contributed by atoms with Crippen LogP contribution < -0.4 is 5.32 Å². The average Bonchev–Trinajstić information content (AvgIpc) is 2.36. The van der Waals surface area contributed by atoms with Crippen LogP contribution in [0.3, 0.4) is 0 Å². The van der Waals surface area contributed by atoms with E-state index in [9.17, 15) is 9.59 Å². The summed E-state index contributed by atoms with van der Waals surface area (Å²) in [5.41, 5.74) is 2.32. The van der Waals surface area contributed by atoms with Crippen molar-refractivity contribution < 1.29 is 19.8 Å². The standard InChI is InChI=1S/C13H17NO4S/c1-9-3-2-4-10(5-9)7-19-8-12(16)14-6-11(15)13(17)18/h2-5,11,15H,6-8H2,1H3,(H,14,16)(H,17,18)/t11-/m0/s1. The van der Waals surface area contributed by atoms with E-state index in [0.717, 1.165) is 11.3 Å². The number of thioether (sulfide) groups is 1. The molecular weight excluding hydrogens is 266 g/mol. The monoisotopic (exact) mass is 283 g/mol. The van der Waals surface area contributed by atoms with Crippen LogP contribution in [0, 0.1) is 6.92 Å². The lowest BCUT2D eigenvalue weighted by Crippen LogP contribution is -2.37. The zero-order valence-corrected chi connectivity index (χ0v) is 11.4. The summed E-state index contributed by atoms with van der Waals surface area (Å²) in [7, 11) is 0. The first kappa shape index (κ1) is 15.5. The van der Waals surface area contributed by atoms with Gasteiger partial charge >= 0.3 is 5.97 Å². The molecule has 1 aromatic carbocycles. The quantitative estimate of drug-likeness (QED) is 0.689. The molecule has 0 aliphatic carbocycles. The number of rotatable bonds is 7. The van der Waals surface area contributed by atoms with Crippen LogP contribution in [-0.4, -0.2) is 40.5 Å². The van der Waals surface area contributed by atoms with Gasteiger partial charge in [-0.25, -0.2) is 4.79 Å². The van der Waals surface area contributed by atoms with E-state index in [4.69, 9.17) is 10.2 Å². The number of hydrogen-bond acceptors (Lipinski definition) is 4. The van der Waals surface area contributed by atoms with E-state index in [2.05, 4.69) is 11.4 Å². The normalized spacial score (nSPS) is 11.9. The van der Waals surface area contributed by atoms with Gasteiger partial charge in [-0.3, -0.25) is 4.79 Å². The van der Waals surface area contributed by atoms with Crippen LogP contribution >= 0.6 is 11.8 Å². The molecule has 0 aliphatic heterocycles. The SMILES string of the molecule is Cc1cccc(CSCC(=O)NC[C@H](O)C(=O)O)c1. The van der Waals surface area contributed by atoms with Crippen LogP contribution in [0.4, 0.5) is 0 Å². The molecule has 0 spiro atoms. The zero-order chi connectivity index (χ0) is 14.3. The van der Waals surface area contributed by atoms with Gasteiger partial charge in [0.15, 0.2) is 6.10 Å². The van der Waals surface area contributed by atoms with Crippen LogP contribution in [0.15, 0.2) is 24.3 Å². The number of carboxylic acids is 1. The predicted octanol–water partition coefficient (Wildman–Crippen LogP) is 0.790. The minimum Gasteiger partial charge on any atom is -0.479 e. The molecule has 0 heterocycles. The van der Waals surface area contributed by atoms with Gasteiger partial charge in [-0.15, -0.1) is 11.8 Å². The Morgan fingerprint density at radius 1 is 1.42 bits per heavy atom. The maximum atomic E-state index is 11.4. The second-order valence-corrected chi connectivity index (χ2v) is 5.13. The molecule has 3 N–H and O–H groups in total. The van der Waals surface area contributed by atoms with Crippen molar-refractivity contribution in [3.8, 4) is 0 Å². The maximum Gasteiger partial charge on any atom is 0.334 e. The van der Waals surface area contributed by atoms with Crippen LogP contribution in [0.1, 0.15) is 11.1 Å². The fraction of sp³-hybridized carbons (Fsp3) is 0.385. The summed E-state index contributed by atoms with van der Waals surface area (Å²) >= 11 is 1.44. The van der Waals surface area contributed by atoms with Crippen LogP contribution in [0.25, 0.3) is 0 Å². The van der Waals surface area contributed by atoms with Gasteiger partial charge in [-0.05, 0) is 12.5 Å². The number of aliphatic hydroxyl groups excluding tert-OH is 1. The second-order valence-electron chi connectivity index (χ2n) is 4.14. The highest BCUT2D eigenvalue weighted by atomic mass is 32.2. The Labute approximate surface area is 116 Å².